The number of carbonyl (C=O) groups excluding carboxylic acids is 1. The molecule has 2 unspecified atom stereocenters. The third kappa shape index (κ3) is 4.60. The lowest BCUT2D eigenvalue weighted by Gasteiger charge is -2.19. The molecule has 1 aromatic carbocycles. The summed E-state index contributed by atoms with van der Waals surface area (Å²) < 4.78 is 28.9. The van der Waals surface area contributed by atoms with Crippen molar-refractivity contribution in [2.45, 2.75) is 25.8 Å². The lowest BCUT2D eigenvalue weighted by Crippen LogP contribution is -2.18. The molecular weight excluding hydrogens is 277 g/mol. The number of methoxy groups -OCH3 is 3. The van der Waals surface area contributed by atoms with Crippen LogP contribution in [0.15, 0.2) is 12.1 Å². The second kappa shape index (κ2) is 7.83. The first-order valence-corrected chi connectivity index (χ1v) is 6.66. The van der Waals surface area contributed by atoms with Crippen molar-refractivity contribution in [3.8, 4) is 11.5 Å². The molecule has 0 aliphatic carbocycles. The lowest BCUT2D eigenvalue weighted by molar-refractivity contribution is -0.141. The van der Waals surface area contributed by atoms with Gasteiger partial charge in [0, 0.05) is 24.1 Å². The average Bonchev–Trinajstić information content (AvgIpc) is 2.46. The van der Waals surface area contributed by atoms with Crippen LogP contribution in [0.2, 0.25) is 0 Å². The number of hydrogen-bond donors (Lipinski definition) is 1. The second-order valence-corrected chi connectivity index (χ2v) is 4.96. The second-order valence-electron chi connectivity index (χ2n) is 4.96. The van der Waals surface area contributed by atoms with Gasteiger partial charge < -0.3 is 19.9 Å². The van der Waals surface area contributed by atoms with Crippen LogP contribution in [0, 0.1) is 11.7 Å². The molecule has 0 fully saturated rings. The molecule has 0 aromatic heterocycles. The largest absolute Gasteiger partial charge is 0.493 e. The van der Waals surface area contributed by atoms with Crippen molar-refractivity contribution in [1.29, 1.82) is 0 Å². The molecule has 2 N–H and O–H groups in total. The molecule has 2 atom stereocenters. The lowest BCUT2D eigenvalue weighted by atomic mass is 9.94. The van der Waals surface area contributed by atoms with Gasteiger partial charge in [-0.15, -0.1) is 0 Å². The van der Waals surface area contributed by atoms with E-state index >= 15 is 0 Å². The first-order valence-electron chi connectivity index (χ1n) is 6.66. The highest BCUT2D eigenvalue weighted by Gasteiger charge is 2.20. The van der Waals surface area contributed by atoms with Crippen molar-refractivity contribution in [2.24, 2.45) is 11.7 Å². The maximum absolute atomic E-state index is 14.1. The zero-order valence-corrected chi connectivity index (χ0v) is 12.8. The number of benzene rings is 1. The SMILES string of the molecule is COC(=O)CC(C)CC(N)c1cc(OC)c(OC)cc1F. The van der Waals surface area contributed by atoms with E-state index in [1.807, 2.05) is 6.92 Å². The van der Waals surface area contributed by atoms with E-state index in [0.29, 0.717) is 23.5 Å². The predicted molar refractivity (Wildman–Crippen MR) is 76.8 cm³/mol. The van der Waals surface area contributed by atoms with Crippen molar-refractivity contribution < 1.29 is 23.4 Å². The van der Waals surface area contributed by atoms with Gasteiger partial charge in [-0.1, -0.05) is 6.92 Å². The van der Waals surface area contributed by atoms with E-state index in [9.17, 15) is 9.18 Å². The van der Waals surface area contributed by atoms with Crippen molar-refractivity contribution in [3.05, 3.63) is 23.5 Å². The van der Waals surface area contributed by atoms with E-state index in [4.69, 9.17) is 15.2 Å². The fraction of sp³-hybridized carbons (Fsp3) is 0.533. The molecule has 0 saturated heterocycles. The van der Waals surface area contributed by atoms with Crippen molar-refractivity contribution in [1.82, 2.24) is 0 Å². The van der Waals surface area contributed by atoms with Gasteiger partial charge in [-0.2, -0.15) is 0 Å². The molecule has 0 aliphatic heterocycles. The highest BCUT2D eigenvalue weighted by molar-refractivity contribution is 5.69. The van der Waals surface area contributed by atoms with Crippen LogP contribution in [0.25, 0.3) is 0 Å². The summed E-state index contributed by atoms with van der Waals surface area (Å²) in [5, 5.41) is 0. The smallest absolute Gasteiger partial charge is 0.305 e. The fourth-order valence-corrected chi connectivity index (χ4v) is 2.17. The minimum absolute atomic E-state index is 0.0139. The van der Waals surface area contributed by atoms with E-state index in [0.717, 1.165) is 0 Å². The topological polar surface area (TPSA) is 70.8 Å². The highest BCUT2D eigenvalue weighted by atomic mass is 19.1. The minimum atomic E-state index is -0.538. The molecule has 118 valence electrons. The Morgan fingerprint density at radius 1 is 1.24 bits per heavy atom. The van der Waals surface area contributed by atoms with Gasteiger partial charge in [-0.25, -0.2) is 4.39 Å². The molecule has 1 rings (SSSR count). The maximum atomic E-state index is 14.1. The van der Waals surface area contributed by atoms with Gasteiger partial charge in [0.1, 0.15) is 5.82 Å². The zero-order valence-electron chi connectivity index (χ0n) is 12.8. The molecule has 0 spiro atoms. The van der Waals surface area contributed by atoms with Gasteiger partial charge in [-0.3, -0.25) is 4.79 Å². The molecule has 1 aromatic rings. The maximum Gasteiger partial charge on any atom is 0.305 e. The van der Waals surface area contributed by atoms with Gasteiger partial charge in [0.2, 0.25) is 0 Å². The van der Waals surface area contributed by atoms with Gasteiger partial charge in [0.15, 0.2) is 11.5 Å². The van der Waals surface area contributed by atoms with Crippen LogP contribution in [-0.4, -0.2) is 27.3 Å². The summed E-state index contributed by atoms with van der Waals surface area (Å²) in [5.74, 6) is -0.0358. The Bertz CT molecular complexity index is 493. The molecule has 21 heavy (non-hydrogen) atoms. The van der Waals surface area contributed by atoms with Crippen LogP contribution in [-0.2, 0) is 9.53 Å². The first kappa shape index (κ1) is 17.2. The molecule has 5 nitrogen and oxygen atoms in total. The summed E-state index contributed by atoms with van der Waals surface area (Å²) in [7, 11) is 4.25. The van der Waals surface area contributed by atoms with Gasteiger partial charge in [0.05, 0.1) is 21.3 Å². The highest BCUT2D eigenvalue weighted by Crippen LogP contribution is 2.33. The van der Waals surface area contributed by atoms with E-state index in [-0.39, 0.29) is 18.3 Å². The van der Waals surface area contributed by atoms with Gasteiger partial charge in [-0.05, 0) is 18.4 Å². The normalized spacial score (nSPS) is 13.4. The van der Waals surface area contributed by atoms with Gasteiger partial charge in [0.25, 0.3) is 0 Å². The Balaban J connectivity index is 2.86. The molecule has 0 aliphatic rings. The summed E-state index contributed by atoms with van der Waals surface area (Å²) in [5.41, 5.74) is 6.38. The van der Waals surface area contributed by atoms with Crippen molar-refractivity contribution in [3.63, 3.8) is 0 Å². The molecule has 0 saturated carbocycles. The Morgan fingerprint density at radius 3 is 2.33 bits per heavy atom. The van der Waals surface area contributed by atoms with Crippen LogP contribution in [0.4, 0.5) is 4.39 Å². The van der Waals surface area contributed by atoms with Crippen LogP contribution in [0.5, 0.6) is 11.5 Å². The third-order valence-corrected chi connectivity index (χ3v) is 3.30. The summed E-state index contributed by atoms with van der Waals surface area (Å²) in [6.07, 6.45) is 0.709. The number of halogens is 1. The molecule has 0 radical (unpaired) electrons. The summed E-state index contributed by atoms with van der Waals surface area (Å²) in [6.45, 7) is 1.87. The Labute approximate surface area is 124 Å². The minimum Gasteiger partial charge on any atom is -0.493 e. The number of rotatable bonds is 7. The van der Waals surface area contributed by atoms with E-state index in [2.05, 4.69) is 4.74 Å². The number of esters is 1. The molecule has 6 heteroatoms. The van der Waals surface area contributed by atoms with Crippen LogP contribution in [0.1, 0.15) is 31.4 Å². The zero-order chi connectivity index (χ0) is 16.0. The number of ether oxygens (including phenoxy) is 3. The Kier molecular flexibility index (Phi) is 6.42. The summed E-state index contributed by atoms with van der Waals surface area (Å²) >= 11 is 0. The first-order chi connectivity index (χ1) is 9.92. The third-order valence-electron chi connectivity index (χ3n) is 3.30. The Morgan fingerprint density at radius 2 is 1.81 bits per heavy atom. The Hall–Kier alpha value is -1.82. The van der Waals surface area contributed by atoms with Crippen LogP contribution < -0.4 is 15.2 Å². The monoisotopic (exact) mass is 299 g/mol. The molecule has 0 bridgehead atoms. The van der Waals surface area contributed by atoms with Gasteiger partial charge >= 0.3 is 5.97 Å². The number of nitrogens with two attached hydrogens (primary N) is 1. The van der Waals surface area contributed by atoms with E-state index in [1.54, 1.807) is 0 Å². The molecule has 0 amide bonds. The molecule has 0 heterocycles. The quantitative estimate of drug-likeness (QED) is 0.783. The molecular formula is C15H22FNO4. The van der Waals surface area contributed by atoms with Crippen LogP contribution >= 0.6 is 0 Å². The fourth-order valence-electron chi connectivity index (χ4n) is 2.17. The van der Waals surface area contributed by atoms with Crippen LogP contribution in [0.3, 0.4) is 0 Å². The van der Waals surface area contributed by atoms with E-state index < -0.39 is 11.9 Å². The number of hydrogen-bond acceptors (Lipinski definition) is 5. The van der Waals surface area contributed by atoms with Crippen molar-refractivity contribution >= 4 is 5.97 Å². The summed E-state index contributed by atoms with van der Waals surface area (Å²) in [6, 6.07) is 2.24. The van der Waals surface area contributed by atoms with Crippen molar-refractivity contribution in [2.75, 3.05) is 21.3 Å². The number of carbonyl (C=O) groups is 1. The average molecular weight is 299 g/mol. The summed E-state index contributed by atoms with van der Waals surface area (Å²) in [4.78, 5) is 11.2. The standard InChI is InChI=1S/C15H22FNO4/c1-9(6-15(18)21-4)5-12(17)10-7-13(19-2)14(20-3)8-11(10)16/h7-9,12H,5-6,17H2,1-4H3. The van der Waals surface area contributed by atoms with E-state index in [1.165, 1.54) is 33.5 Å². The predicted octanol–water partition coefficient (Wildman–Crippen LogP) is 2.43.